The van der Waals surface area contributed by atoms with Crippen molar-refractivity contribution in [3.05, 3.63) is 59.7 Å². The molecule has 0 unspecified atom stereocenters. The van der Waals surface area contributed by atoms with Crippen LogP contribution in [-0.2, 0) is 0 Å². The summed E-state index contributed by atoms with van der Waals surface area (Å²) in [6.07, 6.45) is 0. The Balaban J connectivity index is 2.70. The second-order valence-corrected chi connectivity index (χ2v) is 3.26. The Morgan fingerprint density at radius 1 is 0.938 bits per heavy atom. The quantitative estimate of drug-likeness (QED) is 0.714. The highest BCUT2D eigenvalue weighted by atomic mass is 19.1. The molecule has 0 bridgehead atoms. The molecule has 0 saturated carbocycles. The van der Waals surface area contributed by atoms with E-state index in [9.17, 15) is 8.78 Å². The molecule has 1 nitrogen and oxygen atoms in total. The van der Waals surface area contributed by atoms with E-state index >= 15 is 0 Å². The highest BCUT2D eigenvalue weighted by molar-refractivity contribution is 5.66. The molecule has 0 fully saturated rings. The standard InChI is InChI=1S/C13H7F2N/c14-11-7-6-10(8-16)13(15)12(11)9-4-2-1-3-5-9/h1-7H. The molecule has 0 spiro atoms. The summed E-state index contributed by atoms with van der Waals surface area (Å²) in [5, 5.41) is 8.67. The molecule has 0 aliphatic rings. The highest BCUT2D eigenvalue weighted by Crippen LogP contribution is 2.27. The van der Waals surface area contributed by atoms with E-state index < -0.39 is 11.6 Å². The number of benzene rings is 2. The van der Waals surface area contributed by atoms with E-state index in [1.165, 1.54) is 0 Å². The molecular formula is C13H7F2N. The van der Waals surface area contributed by atoms with E-state index in [0.29, 0.717) is 5.56 Å². The first-order valence-corrected chi connectivity index (χ1v) is 4.67. The molecule has 2 aromatic rings. The normalized spacial score (nSPS) is 9.81. The minimum atomic E-state index is -0.811. The Hall–Kier alpha value is -2.21. The second-order valence-electron chi connectivity index (χ2n) is 3.26. The van der Waals surface area contributed by atoms with Gasteiger partial charge in [0.25, 0.3) is 0 Å². The zero-order valence-electron chi connectivity index (χ0n) is 8.24. The summed E-state index contributed by atoms with van der Waals surface area (Å²) in [5.41, 5.74) is 0.120. The van der Waals surface area contributed by atoms with Crippen molar-refractivity contribution in [3.8, 4) is 17.2 Å². The van der Waals surface area contributed by atoms with Crippen molar-refractivity contribution in [1.29, 1.82) is 5.26 Å². The Morgan fingerprint density at radius 3 is 2.25 bits per heavy atom. The first-order valence-electron chi connectivity index (χ1n) is 4.67. The van der Waals surface area contributed by atoms with Crippen molar-refractivity contribution in [3.63, 3.8) is 0 Å². The van der Waals surface area contributed by atoms with Crippen LogP contribution in [0.2, 0.25) is 0 Å². The third-order valence-electron chi connectivity index (χ3n) is 2.27. The topological polar surface area (TPSA) is 23.8 Å². The van der Waals surface area contributed by atoms with Gasteiger partial charge in [0.2, 0.25) is 0 Å². The fraction of sp³-hybridized carbons (Fsp3) is 0. The number of nitriles is 1. The van der Waals surface area contributed by atoms with E-state index in [4.69, 9.17) is 5.26 Å². The molecule has 0 aliphatic carbocycles. The van der Waals surface area contributed by atoms with E-state index in [2.05, 4.69) is 0 Å². The lowest BCUT2D eigenvalue weighted by molar-refractivity contribution is 0.587. The van der Waals surface area contributed by atoms with Gasteiger partial charge in [-0.3, -0.25) is 0 Å². The van der Waals surface area contributed by atoms with Gasteiger partial charge in [-0.05, 0) is 17.7 Å². The summed E-state index contributed by atoms with van der Waals surface area (Å²) < 4.78 is 27.3. The van der Waals surface area contributed by atoms with E-state index in [-0.39, 0.29) is 11.1 Å². The number of hydrogen-bond donors (Lipinski definition) is 0. The average Bonchev–Trinajstić information content (AvgIpc) is 2.31. The van der Waals surface area contributed by atoms with Crippen molar-refractivity contribution < 1.29 is 8.78 Å². The van der Waals surface area contributed by atoms with Gasteiger partial charge < -0.3 is 0 Å². The number of halogens is 2. The maximum absolute atomic E-state index is 13.8. The van der Waals surface area contributed by atoms with Gasteiger partial charge in [-0.2, -0.15) is 5.26 Å². The van der Waals surface area contributed by atoms with Gasteiger partial charge in [-0.25, -0.2) is 8.78 Å². The van der Waals surface area contributed by atoms with Crippen LogP contribution < -0.4 is 0 Å². The average molecular weight is 215 g/mol. The molecule has 0 aromatic heterocycles. The molecule has 2 aromatic carbocycles. The molecule has 16 heavy (non-hydrogen) atoms. The van der Waals surface area contributed by atoms with Gasteiger partial charge >= 0.3 is 0 Å². The lowest BCUT2D eigenvalue weighted by Crippen LogP contribution is -1.93. The molecule has 0 atom stereocenters. The molecule has 3 heteroatoms. The predicted octanol–water partition coefficient (Wildman–Crippen LogP) is 3.50. The number of nitrogens with zero attached hydrogens (tertiary/aromatic N) is 1. The predicted molar refractivity (Wildman–Crippen MR) is 56.5 cm³/mol. The third-order valence-corrected chi connectivity index (χ3v) is 2.27. The van der Waals surface area contributed by atoms with Crippen LogP contribution >= 0.6 is 0 Å². The van der Waals surface area contributed by atoms with E-state index in [1.807, 2.05) is 0 Å². The third kappa shape index (κ3) is 1.66. The minimum absolute atomic E-state index is 0.153. The lowest BCUT2D eigenvalue weighted by atomic mass is 10.0. The number of hydrogen-bond acceptors (Lipinski definition) is 1. The van der Waals surface area contributed by atoms with Crippen molar-refractivity contribution in [2.24, 2.45) is 0 Å². The maximum atomic E-state index is 13.8. The summed E-state index contributed by atoms with van der Waals surface area (Å²) in [6, 6.07) is 12.3. The first kappa shape index (κ1) is 10.3. The van der Waals surface area contributed by atoms with Crippen molar-refractivity contribution in [2.75, 3.05) is 0 Å². The maximum Gasteiger partial charge on any atom is 0.151 e. The molecule has 0 saturated heterocycles. The van der Waals surface area contributed by atoms with Crippen LogP contribution in [0, 0.1) is 23.0 Å². The zero-order valence-corrected chi connectivity index (χ0v) is 8.24. The second kappa shape index (κ2) is 4.11. The Labute approximate surface area is 91.6 Å². The molecule has 2 rings (SSSR count). The Morgan fingerprint density at radius 2 is 1.62 bits per heavy atom. The molecule has 0 aliphatic heterocycles. The molecular weight excluding hydrogens is 208 g/mol. The molecule has 0 amide bonds. The van der Waals surface area contributed by atoms with Crippen LogP contribution in [0.5, 0.6) is 0 Å². The zero-order chi connectivity index (χ0) is 11.5. The molecule has 78 valence electrons. The lowest BCUT2D eigenvalue weighted by Gasteiger charge is -2.05. The van der Waals surface area contributed by atoms with Crippen LogP contribution in [0.25, 0.3) is 11.1 Å². The van der Waals surface area contributed by atoms with Gasteiger partial charge in [0.05, 0.1) is 11.1 Å². The fourth-order valence-electron chi connectivity index (χ4n) is 1.51. The summed E-state index contributed by atoms with van der Waals surface area (Å²) in [4.78, 5) is 0. The van der Waals surface area contributed by atoms with Crippen LogP contribution in [0.4, 0.5) is 8.78 Å². The van der Waals surface area contributed by atoms with Crippen molar-refractivity contribution in [2.45, 2.75) is 0 Å². The Kier molecular flexibility index (Phi) is 2.65. The molecule has 0 N–H and O–H groups in total. The monoisotopic (exact) mass is 215 g/mol. The smallest absolute Gasteiger partial charge is 0.151 e. The van der Waals surface area contributed by atoms with Gasteiger partial charge in [-0.15, -0.1) is 0 Å². The van der Waals surface area contributed by atoms with E-state index in [1.54, 1.807) is 36.4 Å². The number of rotatable bonds is 1. The minimum Gasteiger partial charge on any atom is -0.206 e. The van der Waals surface area contributed by atoms with Crippen LogP contribution in [0.15, 0.2) is 42.5 Å². The largest absolute Gasteiger partial charge is 0.206 e. The SMILES string of the molecule is N#Cc1ccc(F)c(-c2ccccc2)c1F. The van der Waals surface area contributed by atoms with Crippen molar-refractivity contribution >= 4 is 0 Å². The van der Waals surface area contributed by atoms with Crippen LogP contribution in [0.1, 0.15) is 5.56 Å². The van der Waals surface area contributed by atoms with Crippen LogP contribution in [-0.4, -0.2) is 0 Å². The van der Waals surface area contributed by atoms with E-state index in [0.717, 1.165) is 12.1 Å². The highest BCUT2D eigenvalue weighted by Gasteiger charge is 2.14. The van der Waals surface area contributed by atoms with Gasteiger partial charge in [0, 0.05) is 0 Å². The summed E-state index contributed by atoms with van der Waals surface area (Å²) in [5.74, 6) is -1.48. The van der Waals surface area contributed by atoms with Gasteiger partial charge in [0.15, 0.2) is 5.82 Å². The van der Waals surface area contributed by atoms with Gasteiger partial charge in [-0.1, -0.05) is 30.3 Å². The summed E-state index contributed by atoms with van der Waals surface area (Å²) >= 11 is 0. The van der Waals surface area contributed by atoms with Crippen molar-refractivity contribution in [1.82, 2.24) is 0 Å². The summed E-state index contributed by atoms with van der Waals surface area (Å²) in [7, 11) is 0. The summed E-state index contributed by atoms with van der Waals surface area (Å²) in [6.45, 7) is 0. The molecule has 0 heterocycles. The fourth-order valence-corrected chi connectivity index (χ4v) is 1.51. The Bertz CT molecular complexity index is 556. The first-order chi connectivity index (χ1) is 7.74. The van der Waals surface area contributed by atoms with Gasteiger partial charge in [0.1, 0.15) is 11.9 Å². The molecule has 0 radical (unpaired) electrons. The van der Waals surface area contributed by atoms with Crippen LogP contribution in [0.3, 0.4) is 0 Å².